The number of hydrogen-bond acceptors (Lipinski definition) is 5. The predicted octanol–water partition coefficient (Wildman–Crippen LogP) is 0.879. The molecule has 5 heteroatoms. The third kappa shape index (κ3) is 4.89. The molecule has 0 radical (unpaired) electrons. The van der Waals surface area contributed by atoms with Crippen LogP contribution in [0.3, 0.4) is 0 Å². The van der Waals surface area contributed by atoms with Gasteiger partial charge in [-0.15, -0.1) is 0 Å². The van der Waals surface area contributed by atoms with E-state index in [1.165, 1.54) is 0 Å². The van der Waals surface area contributed by atoms with Crippen LogP contribution in [-0.2, 0) is 4.89 Å². The first-order valence-corrected chi connectivity index (χ1v) is 6.00. The molecule has 4 N–H and O–H groups in total. The van der Waals surface area contributed by atoms with Crippen LogP contribution >= 0.6 is 0 Å². The maximum atomic E-state index is 10.1. The molecule has 0 spiro atoms. The number of aliphatic hydroxyl groups is 3. The predicted molar refractivity (Wildman–Crippen MR) is 64.4 cm³/mol. The normalized spacial score (nSPS) is 19.8. The molecule has 0 saturated carbocycles. The van der Waals surface area contributed by atoms with E-state index < -0.39 is 17.6 Å². The van der Waals surface area contributed by atoms with Crippen molar-refractivity contribution >= 4 is 0 Å². The van der Waals surface area contributed by atoms with E-state index in [9.17, 15) is 10.2 Å². The Labute approximate surface area is 103 Å². The van der Waals surface area contributed by atoms with Crippen LogP contribution in [0.2, 0.25) is 0 Å². The summed E-state index contributed by atoms with van der Waals surface area (Å²) in [5.41, 5.74) is -0.721. The highest BCUT2D eigenvalue weighted by molar-refractivity contribution is 4.88. The number of hydrogen-bond donors (Lipinski definition) is 4. The van der Waals surface area contributed by atoms with Crippen LogP contribution in [0.25, 0.3) is 0 Å². The van der Waals surface area contributed by atoms with Crippen molar-refractivity contribution in [2.45, 2.75) is 46.3 Å². The monoisotopic (exact) mass is 250 g/mol. The summed E-state index contributed by atoms with van der Waals surface area (Å²) < 4.78 is 0. The van der Waals surface area contributed by atoms with Gasteiger partial charge in [0.1, 0.15) is 0 Å². The van der Waals surface area contributed by atoms with E-state index in [0.29, 0.717) is 6.42 Å². The minimum Gasteiger partial charge on any atom is -0.396 e. The maximum absolute atomic E-state index is 10.1. The van der Waals surface area contributed by atoms with Crippen molar-refractivity contribution in [2.24, 2.45) is 17.3 Å². The van der Waals surface area contributed by atoms with Crippen molar-refractivity contribution in [3.8, 4) is 0 Å². The average molecular weight is 250 g/mol. The molecule has 0 aliphatic heterocycles. The Morgan fingerprint density at radius 3 is 2.12 bits per heavy atom. The van der Waals surface area contributed by atoms with Crippen LogP contribution in [0.5, 0.6) is 0 Å². The minimum absolute atomic E-state index is 0.0124. The van der Waals surface area contributed by atoms with Gasteiger partial charge < -0.3 is 15.3 Å². The molecule has 0 amide bonds. The summed E-state index contributed by atoms with van der Waals surface area (Å²) in [6, 6.07) is 0. The van der Waals surface area contributed by atoms with Crippen molar-refractivity contribution in [3.05, 3.63) is 0 Å². The zero-order chi connectivity index (χ0) is 13.6. The molecule has 4 atom stereocenters. The molecule has 0 fully saturated rings. The summed E-state index contributed by atoms with van der Waals surface area (Å²) >= 11 is 0. The average Bonchev–Trinajstić information content (AvgIpc) is 2.27. The third-order valence-corrected chi connectivity index (χ3v) is 3.43. The van der Waals surface area contributed by atoms with E-state index in [2.05, 4.69) is 4.89 Å². The molecule has 0 bridgehead atoms. The molecule has 0 aliphatic rings. The molecule has 0 aliphatic carbocycles. The summed E-state index contributed by atoms with van der Waals surface area (Å²) in [7, 11) is 0. The maximum Gasteiger partial charge on any atom is 0.0870 e. The van der Waals surface area contributed by atoms with E-state index in [1.807, 2.05) is 6.92 Å². The van der Waals surface area contributed by atoms with Gasteiger partial charge in [0.05, 0.1) is 18.8 Å². The smallest absolute Gasteiger partial charge is 0.0870 e. The van der Waals surface area contributed by atoms with Crippen molar-refractivity contribution in [1.29, 1.82) is 0 Å². The molecule has 0 heterocycles. The highest BCUT2D eigenvalue weighted by Crippen LogP contribution is 2.33. The lowest BCUT2D eigenvalue weighted by Gasteiger charge is -2.38. The summed E-state index contributed by atoms with van der Waals surface area (Å²) in [5, 5.41) is 37.5. The number of aliphatic hydroxyl groups excluding tert-OH is 3. The first kappa shape index (κ1) is 16.8. The summed E-state index contributed by atoms with van der Waals surface area (Å²) in [6.07, 6.45) is -1.09. The summed E-state index contributed by atoms with van der Waals surface area (Å²) in [4.78, 5) is 4.02. The number of rotatable bonds is 8. The Bertz CT molecular complexity index is 207. The highest BCUT2D eigenvalue weighted by atomic mass is 17.1. The third-order valence-electron chi connectivity index (χ3n) is 3.43. The SMILES string of the molecule is CC(CO)CC(O)C(C)(C)C(O)C(C)COO. The van der Waals surface area contributed by atoms with Crippen LogP contribution in [0.15, 0.2) is 0 Å². The van der Waals surface area contributed by atoms with Crippen molar-refractivity contribution in [1.82, 2.24) is 0 Å². The topological polar surface area (TPSA) is 90.2 Å². The molecule has 0 aromatic carbocycles. The van der Waals surface area contributed by atoms with Crippen LogP contribution in [0, 0.1) is 17.3 Å². The lowest BCUT2D eigenvalue weighted by molar-refractivity contribution is -0.259. The Kier molecular flexibility index (Phi) is 7.20. The van der Waals surface area contributed by atoms with Gasteiger partial charge in [-0.1, -0.05) is 27.7 Å². The second-order valence-corrected chi connectivity index (χ2v) is 5.58. The molecule has 17 heavy (non-hydrogen) atoms. The Hall–Kier alpha value is -0.200. The van der Waals surface area contributed by atoms with Gasteiger partial charge in [-0.2, -0.15) is 0 Å². The quantitative estimate of drug-likeness (QED) is 0.379. The minimum atomic E-state index is -0.796. The highest BCUT2D eigenvalue weighted by Gasteiger charge is 2.38. The van der Waals surface area contributed by atoms with Crippen LogP contribution in [0.4, 0.5) is 0 Å². The molecule has 0 aromatic rings. The Morgan fingerprint density at radius 2 is 1.71 bits per heavy atom. The van der Waals surface area contributed by atoms with E-state index in [0.717, 1.165) is 0 Å². The van der Waals surface area contributed by atoms with Crippen molar-refractivity contribution in [2.75, 3.05) is 13.2 Å². The molecular weight excluding hydrogens is 224 g/mol. The van der Waals surface area contributed by atoms with Crippen molar-refractivity contribution in [3.63, 3.8) is 0 Å². The zero-order valence-corrected chi connectivity index (χ0v) is 11.1. The zero-order valence-electron chi connectivity index (χ0n) is 11.1. The lowest BCUT2D eigenvalue weighted by Crippen LogP contribution is -2.45. The van der Waals surface area contributed by atoms with Gasteiger partial charge in [-0.3, -0.25) is 5.26 Å². The van der Waals surface area contributed by atoms with Gasteiger partial charge in [0.2, 0.25) is 0 Å². The Morgan fingerprint density at radius 1 is 1.18 bits per heavy atom. The second-order valence-electron chi connectivity index (χ2n) is 5.58. The van der Waals surface area contributed by atoms with Gasteiger partial charge in [0.25, 0.3) is 0 Å². The van der Waals surface area contributed by atoms with Crippen LogP contribution in [0.1, 0.15) is 34.1 Å². The fourth-order valence-corrected chi connectivity index (χ4v) is 1.90. The van der Waals surface area contributed by atoms with E-state index >= 15 is 0 Å². The van der Waals surface area contributed by atoms with E-state index in [-0.39, 0.29) is 25.0 Å². The summed E-state index contributed by atoms with van der Waals surface area (Å²) in [6.45, 7) is 7.14. The molecule has 0 aromatic heterocycles. The lowest BCUT2D eigenvalue weighted by atomic mass is 9.73. The summed E-state index contributed by atoms with van der Waals surface area (Å²) in [5.74, 6) is -0.296. The van der Waals surface area contributed by atoms with Gasteiger partial charge in [0, 0.05) is 17.9 Å². The molecule has 0 saturated heterocycles. The van der Waals surface area contributed by atoms with Crippen molar-refractivity contribution < 1.29 is 25.5 Å². The van der Waals surface area contributed by atoms with Gasteiger partial charge in [0.15, 0.2) is 0 Å². The van der Waals surface area contributed by atoms with Crippen LogP contribution in [-0.4, -0.2) is 46.0 Å². The molecule has 5 nitrogen and oxygen atoms in total. The molecular formula is C12H26O5. The largest absolute Gasteiger partial charge is 0.396 e. The first-order valence-electron chi connectivity index (χ1n) is 6.00. The first-order chi connectivity index (χ1) is 7.77. The van der Waals surface area contributed by atoms with Gasteiger partial charge >= 0.3 is 0 Å². The fourth-order valence-electron chi connectivity index (χ4n) is 1.90. The van der Waals surface area contributed by atoms with Gasteiger partial charge in [-0.25, -0.2) is 4.89 Å². The fraction of sp³-hybridized carbons (Fsp3) is 1.00. The van der Waals surface area contributed by atoms with Gasteiger partial charge in [-0.05, 0) is 12.3 Å². The molecule has 0 rings (SSSR count). The molecule has 4 unspecified atom stereocenters. The Balaban J connectivity index is 4.51. The van der Waals surface area contributed by atoms with Crippen LogP contribution < -0.4 is 0 Å². The van der Waals surface area contributed by atoms with E-state index in [4.69, 9.17) is 10.4 Å². The van der Waals surface area contributed by atoms with E-state index in [1.54, 1.807) is 20.8 Å². The standard InChI is InChI=1S/C12H26O5/c1-8(6-13)5-10(14)12(3,4)11(15)9(2)7-17-16/h8-11,13-16H,5-7H2,1-4H3. The molecule has 104 valence electrons. The second kappa shape index (κ2) is 7.28.